The second-order valence-corrected chi connectivity index (χ2v) is 8.53. The van der Waals surface area contributed by atoms with E-state index in [-0.39, 0.29) is 12.3 Å². The summed E-state index contributed by atoms with van der Waals surface area (Å²) in [5.74, 6) is 4.03. The number of nitrogens with zero attached hydrogens (tertiary/aromatic N) is 2. The number of rotatable bonds is 8. The Kier molecular flexibility index (Phi) is 5.99. The number of benzene rings is 2. The quantitative estimate of drug-likeness (QED) is 0.374. The Labute approximate surface area is 194 Å². The smallest absolute Gasteiger partial charge is 0.214 e. The van der Waals surface area contributed by atoms with Gasteiger partial charge in [0.25, 0.3) is 0 Å². The highest BCUT2D eigenvalue weighted by Gasteiger charge is 2.41. The third-order valence-electron chi connectivity index (χ3n) is 6.20. The maximum atomic E-state index is 6.47. The monoisotopic (exact) mass is 446 g/mol. The van der Waals surface area contributed by atoms with E-state index in [2.05, 4.69) is 13.0 Å². The highest BCUT2D eigenvalue weighted by molar-refractivity contribution is 5.99. The summed E-state index contributed by atoms with van der Waals surface area (Å²) in [4.78, 5) is 0. The normalized spacial score (nSPS) is 18.9. The minimum Gasteiger partial charge on any atom is -0.493 e. The van der Waals surface area contributed by atoms with Crippen LogP contribution in [-0.2, 0) is 0 Å². The Morgan fingerprint density at radius 2 is 1.94 bits per heavy atom. The van der Waals surface area contributed by atoms with Gasteiger partial charge in [-0.3, -0.25) is 0 Å². The number of hydrogen-bond donors (Lipinski definition) is 0. The maximum Gasteiger partial charge on any atom is 0.214 e. The Morgan fingerprint density at radius 3 is 2.73 bits per heavy atom. The summed E-state index contributed by atoms with van der Waals surface area (Å²) in [6.45, 7) is 4.82. The summed E-state index contributed by atoms with van der Waals surface area (Å²) in [5, 5.41) is 7.01. The number of unbranched alkanes of at least 4 members (excludes halogenated alkanes) is 2. The maximum absolute atomic E-state index is 6.47. The van der Waals surface area contributed by atoms with Gasteiger partial charge in [-0.15, -0.1) is 0 Å². The summed E-state index contributed by atoms with van der Waals surface area (Å²) in [7, 11) is 1.67. The molecule has 0 saturated carbocycles. The first-order chi connectivity index (χ1) is 16.2. The summed E-state index contributed by atoms with van der Waals surface area (Å²) >= 11 is 0. The van der Waals surface area contributed by atoms with Gasteiger partial charge in [0.2, 0.25) is 6.23 Å². The molecule has 0 radical (unpaired) electrons. The van der Waals surface area contributed by atoms with E-state index in [0.29, 0.717) is 12.4 Å². The van der Waals surface area contributed by atoms with Gasteiger partial charge in [0.15, 0.2) is 11.5 Å². The van der Waals surface area contributed by atoms with Crippen molar-refractivity contribution in [3.8, 4) is 17.2 Å². The van der Waals surface area contributed by atoms with Crippen molar-refractivity contribution in [1.29, 1.82) is 0 Å². The number of ether oxygens (including phenoxy) is 3. The Morgan fingerprint density at radius 1 is 1.06 bits per heavy atom. The fourth-order valence-corrected chi connectivity index (χ4v) is 4.48. The molecule has 0 amide bonds. The molecule has 2 aromatic carbocycles. The second-order valence-electron chi connectivity index (χ2n) is 8.53. The first-order valence-electron chi connectivity index (χ1n) is 11.7. The third-order valence-corrected chi connectivity index (χ3v) is 6.20. The van der Waals surface area contributed by atoms with Gasteiger partial charge in [0.1, 0.15) is 23.0 Å². The lowest BCUT2D eigenvalue weighted by molar-refractivity contribution is -0.0191. The van der Waals surface area contributed by atoms with Crippen LogP contribution in [0.3, 0.4) is 0 Å². The molecule has 0 bridgehead atoms. The molecule has 172 valence electrons. The van der Waals surface area contributed by atoms with E-state index in [1.165, 1.54) is 0 Å². The summed E-state index contributed by atoms with van der Waals surface area (Å²) in [6, 6.07) is 18.2. The molecule has 0 aliphatic carbocycles. The predicted molar refractivity (Wildman–Crippen MR) is 127 cm³/mol. The van der Waals surface area contributed by atoms with Gasteiger partial charge in [-0.05, 0) is 49.7 Å². The molecular weight excluding hydrogens is 416 g/mol. The lowest BCUT2D eigenvalue weighted by Crippen LogP contribution is -2.33. The first-order valence-corrected chi connectivity index (χ1v) is 11.7. The van der Waals surface area contributed by atoms with Gasteiger partial charge in [-0.25, -0.2) is 5.01 Å². The molecule has 3 heterocycles. The van der Waals surface area contributed by atoms with Crippen molar-refractivity contribution < 1.29 is 18.6 Å². The third kappa shape index (κ3) is 4.17. The molecule has 6 heteroatoms. The first kappa shape index (κ1) is 21.4. The number of fused-ring (bicyclic) bond motifs is 3. The number of para-hydroxylation sites is 1. The predicted octanol–water partition coefficient (Wildman–Crippen LogP) is 6.41. The molecule has 33 heavy (non-hydrogen) atoms. The number of hydrazone groups is 1. The van der Waals surface area contributed by atoms with Crippen molar-refractivity contribution in [3.63, 3.8) is 0 Å². The van der Waals surface area contributed by atoms with E-state index in [0.717, 1.165) is 65.5 Å². The molecular formula is C27H30N2O4. The molecule has 2 aliphatic rings. The van der Waals surface area contributed by atoms with Crippen molar-refractivity contribution in [2.24, 2.45) is 5.10 Å². The van der Waals surface area contributed by atoms with Crippen molar-refractivity contribution >= 4 is 5.71 Å². The lowest BCUT2D eigenvalue weighted by Gasteiger charge is -2.38. The zero-order valence-electron chi connectivity index (χ0n) is 19.4. The molecule has 0 N–H and O–H groups in total. The summed E-state index contributed by atoms with van der Waals surface area (Å²) < 4.78 is 24.0. The Balaban J connectivity index is 1.47. The van der Waals surface area contributed by atoms with Crippen LogP contribution in [-0.4, -0.2) is 24.4 Å². The topological polar surface area (TPSA) is 56.4 Å². The van der Waals surface area contributed by atoms with Gasteiger partial charge < -0.3 is 18.6 Å². The number of hydrogen-bond acceptors (Lipinski definition) is 6. The fraction of sp³-hybridized carbons (Fsp3) is 0.370. The minimum absolute atomic E-state index is 0.0799. The van der Waals surface area contributed by atoms with Crippen LogP contribution >= 0.6 is 0 Å². The minimum atomic E-state index is -0.374. The average Bonchev–Trinajstić information content (AvgIpc) is 3.48. The highest BCUT2D eigenvalue weighted by Crippen LogP contribution is 2.48. The van der Waals surface area contributed by atoms with E-state index < -0.39 is 0 Å². The number of aryl methyl sites for hydroxylation is 1. The van der Waals surface area contributed by atoms with Crippen LogP contribution in [0.2, 0.25) is 0 Å². The van der Waals surface area contributed by atoms with E-state index in [1.807, 2.05) is 60.5 Å². The molecule has 5 rings (SSSR count). The molecule has 0 saturated heterocycles. The summed E-state index contributed by atoms with van der Waals surface area (Å²) in [5.41, 5.74) is 3.03. The zero-order chi connectivity index (χ0) is 22.8. The zero-order valence-corrected chi connectivity index (χ0v) is 19.4. The Hall–Kier alpha value is -3.41. The highest BCUT2D eigenvalue weighted by atomic mass is 16.5. The van der Waals surface area contributed by atoms with E-state index in [9.17, 15) is 0 Å². The van der Waals surface area contributed by atoms with E-state index in [4.69, 9.17) is 23.7 Å². The average molecular weight is 447 g/mol. The fourth-order valence-electron chi connectivity index (χ4n) is 4.48. The molecule has 3 aromatic rings. The molecule has 0 spiro atoms. The van der Waals surface area contributed by atoms with Crippen molar-refractivity contribution in [2.45, 2.75) is 51.8 Å². The van der Waals surface area contributed by atoms with E-state index in [1.54, 1.807) is 7.11 Å². The van der Waals surface area contributed by atoms with E-state index >= 15 is 0 Å². The molecule has 2 aliphatic heterocycles. The number of furan rings is 1. The van der Waals surface area contributed by atoms with Crippen molar-refractivity contribution in [2.75, 3.05) is 13.7 Å². The van der Waals surface area contributed by atoms with Gasteiger partial charge in [-0.1, -0.05) is 38.0 Å². The van der Waals surface area contributed by atoms with Crippen LogP contribution < -0.4 is 14.2 Å². The molecule has 0 unspecified atom stereocenters. The lowest BCUT2D eigenvalue weighted by atomic mass is 9.97. The van der Waals surface area contributed by atoms with Gasteiger partial charge in [0.05, 0.1) is 19.8 Å². The van der Waals surface area contributed by atoms with Crippen LogP contribution in [0.1, 0.15) is 67.5 Å². The van der Waals surface area contributed by atoms with Crippen LogP contribution in [0.4, 0.5) is 0 Å². The van der Waals surface area contributed by atoms with Crippen LogP contribution in [0.15, 0.2) is 64.1 Å². The largest absolute Gasteiger partial charge is 0.493 e. The van der Waals surface area contributed by atoms with Crippen molar-refractivity contribution in [3.05, 3.63) is 77.2 Å². The van der Waals surface area contributed by atoms with Crippen LogP contribution in [0.5, 0.6) is 17.2 Å². The number of methoxy groups -OCH3 is 1. The van der Waals surface area contributed by atoms with Gasteiger partial charge >= 0.3 is 0 Å². The van der Waals surface area contributed by atoms with Crippen LogP contribution in [0, 0.1) is 6.92 Å². The molecule has 6 nitrogen and oxygen atoms in total. The van der Waals surface area contributed by atoms with Gasteiger partial charge in [-0.2, -0.15) is 5.10 Å². The molecule has 2 atom stereocenters. The second kappa shape index (κ2) is 9.22. The van der Waals surface area contributed by atoms with Gasteiger partial charge in [0, 0.05) is 17.5 Å². The van der Waals surface area contributed by atoms with Crippen LogP contribution in [0.25, 0.3) is 0 Å². The standard InChI is InChI=1S/C27H30N2O4/c1-4-5-8-15-31-25-14-12-19(16-26(25)30-3)27-29-22(20-9-6-7-10-23(20)33-27)17-21(28-29)24-13-11-18(2)32-24/h6-7,9-14,16,22,27H,4-5,8,15,17H2,1-3H3/t22-,27-/m1/s1. The van der Waals surface area contributed by atoms with Crippen molar-refractivity contribution in [1.82, 2.24) is 5.01 Å². The SMILES string of the molecule is CCCCCOc1ccc([C@H]2Oc3ccccc3[C@H]3CC(c4ccc(C)o4)=NN32)cc1OC. The molecule has 1 aromatic heterocycles. The molecule has 0 fully saturated rings. The Bertz CT molecular complexity index is 1150. The summed E-state index contributed by atoms with van der Waals surface area (Å²) in [6.07, 6.45) is 3.74.